The van der Waals surface area contributed by atoms with Crippen LogP contribution in [0.3, 0.4) is 0 Å². The molecule has 0 radical (unpaired) electrons. The first kappa shape index (κ1) is 17.3. The number of rotatable bonds is 4. The fourth-order valence-corrected chi connectivity index (χ4v) is 3.14. The number of nitrogens with two attached hydrogens (primary N) is 1. The molecule has 1 fully saturated rings. The Morgan fingerprint density at radius 1 is 1.20 bits per heavy atom. The molecule has 2 aliphatic heterocycles. The zero-order chi connectivity index (χ0) is 18.0. The topological polar surface area (TPSA) is 82.2 Å². The molecular weight excluding hydrogens is 325 g/mol. The Labute approximate surface area is 145 Å². The number of halogens is 1. The standard InChI is InChI=1S/C17H22FN5O2/c1-2-21-7-9-22(10-8-21)17(25)14-11-15(16(19)24)23(20-14)13-5-3-12(18)4-6-13/h3-6,15H,2,7-11H2,1H3,(H2,19,24). The first-order chi connectivity index (χ1) is 12.0. The number of amides is 2. The summed E-state index contributed by atoms with van der Waals surface area (Å²) in [6.45, 7) is 6.00. The predicted molar refractivity (Wildman–Crippen MR) is 92.6 cm³/mol. The van der Waals surface area contributed by atoms with Crippen molar-refractivity contribution in [1.29, 1.82) is 0 Å². The Hall–Kier alpha value is -2.48. The molecule has 8 heteroatoms. The van der Waals surface area contributed by atoms with Gasteiger partial charge in [-0.25, -0.2) is 4.39 Å². The van der Waals surface area contributed by atoms with Crippen LogP contribution in [0.1, 0.15) is 13.3 Å². The third-order valence-corrected chi connectivity index (χ3v) is 4.68. The van der Waals surface area contributed by atoms with Crippen LogP contribution in [0.2, 0.25) is 0 Å². The fourth-order valence-electron chi connectivity index (χ4n) is 3.14. The Morgan fingerprint density at radius 3 is 2.40 bits per heavy atom. The summed E-state index contributed by atoms with van der Waals surface area (Å²) < 4.78 is 13.1. The molecule has 1 unspecified atom stereocenters. The number of primary amides is 1. The van der Waals surface area contributed by atoms with Crippen molar-refractivity contribution in [2.24, 2.45) is 10.8 Å². The second-order valence-electron chi connectivity index (χ2n) is 6.22. The average Bonchev–Trinajstić information content (AvgIpc) is 3.07. The molecule has 0 bridgehead atoms. The van der Waals surface area contributed by atoms with Gasteiger partial charge in [-0.3, -0.25) is 14.6 Å². The molecule has 2 heterocycles. The molecule has 134 valence electrons. The highest BCUT2D eigenvalue weighted by atomic mass is 19.1. The van der Waals surface area contributed by atoms with Crippen LogP contribution < -0.4 is 10.7 Å². The molecule has 1 saturated heterocycles. The smallest absolute Gasteiger partial charge is 0.270 e. The van der Waals surface area contributed by atoms with E-state index in [4.69, 9.17) is 5.73 Å². The van der Waals surface area contributed by atoms with E-state index in [1.165, 1.54) is 29.3 Å². The van der Waals surface area contributed by atoms with E-state index >= 15 is 0 Å². The molecule has 2 aliphatic rings. The number of hydrogen-bond donors (Lipinski definition) is 1. The van der Waals surface area contributed by atoms with Crippen molar-refractivity contribution in [1.82, 2.24) is 9.80 Å². The predicted octanol–water partition coefficient (Wildman–Crippen LogP) is 0.410. The normalized spacial score (nSPS) is 21.4. The van der Waals surface area contributed by atoms with Gasteiger partial charge in [-0.15, -0.1) is 0 Å². The van der Waals surface area contributed by atoms with E-state index in [2.05, 4.69) is 16.9 Å². The number of hydrogen-bond acceptors (Lipinski definition) is 5. The summed E-state index contributed by atoms with van der Waals surface area (Å²) >= 11 is 0. The molecule has 7 nitrogen and oxygen atoms in total. The van der Waals surface area contributed by atoms with Crippen LogP contribution in [0, 0.1) is 5.82 Å². The molecule has 3 rings (SSSR count). The summed E-state index contributed by atoms with van der Waals surface area (Å²) in [5.41, 5.74) is 6.32. The van der Waals surface area contributed by atoms with Gasteiger partial charge < -0.3 is 15.5 Å². The van der Waals surface area contributed by atoms with E-state index in [9.17, 15) is 14.0 Å². The maximum absolute atomic E-state index is 13.1. The SMILES string of the molecule is CCN1CCN(C(=O)C2=NN(c3ccc(F)cc3)C(C(N)=O)C2)CC1. The zero-order valence-electron chi connectivity index (χ0n) is 14.2. The summed E-state index contributed by atoms with van der Waals surface area (Å²) in [6.07, 6.45) is 0.166. The van der Waals surface area contributed by atoms with E-state index in [0.29, 0.717) is 24.5 Å². The van der Waals surface area contributed by atoms with Gasteiger partial charge in [0.25, 0.3) is 5.91 Å². The number of carbonyl (C=O) groups is 2. The third-order valence-electron chi connectivity index (χ3n) is 4.68. The molecule has 1 aromatic rings. The van der Waals surface area contributed by atoms with Crippen LogP contribution in [0.25, 0.3) is 0 Å². The molecule has 25 heavy (non-hydrogen) atoms. The average molecular weight is 347 g/mol. The second-order valence-corrected chi connectivity index (χ2v) is 6.22. The van der Waals surface area contributed by atoms with Crippen LogP contribution in [-0.2, 0) is 9.59 Å². The number of carbonyl (C=O) groups excluding carboxylic acids is 2. The van der Waals surface area contributed by atoms with Crippen LogP contribution in [0.4, 0.5) is 10.1 Å². The summed E-state index contributed by atoms with van der Waals surface area (Å²) in [7, 11) is 0. The highest BCUT2D eigenvalue weighted by Crippen LogP contribution is 2.25. The molecule has 1 aromatic carbocycles. The van der Waals surface area contributed by atoms with Gasteiger partial charge in [0.1, 0.15) is 17.6 Å². The molecule has 0 aromatic heterocycles. The molecule has 2 amide bonds. The summed E-state index contributed by atoms with van der Waals surface area (Å²) in [5.74, 6) is -1.11. The lowest BCUT2D eigenvalue weighted by Gasteiger charge is -2.33. The van der Waals surface area contributed by atoms with Crippen molar-refractivity contribution in [3.8, 4) is 0 Å². The Kier molecular flexibility index (Phi) is 4.98. The quantitative estimate of drug-likeness (QED) is 0.855. The van der Waals surface area contributed by atoms with Crippen LogP contribution in [-0.4, -0.2) is 66.1 Å². The summed E-state index contributed by atoms with van der Waals surface area (Å²) in [6, 6.07) is 4.87. The second kappa shape index (κ2) is 7.18. The third kappa shape index (κ3) is 3.63. The van der Waals surface area contributed by atoms with Gasteiger partial charge in [-0.2, -0.15) is 5.10 Å². The highest BCUT2D eigenvalue weighted by Gasteiger charge is 2.37. The minimum atomic E-state index is -0.735. The zero-order valence-corrected chi connectivity index (χ0v) is 14.2. The van der Waals surface area contributed by atoms with E-state index in [-0.39, 0.29) is 18.1 Å². The summed E-state index contributed by atoms with van der Waals surface area (Å²) in [4.78, 5) is 28.5. The lowest BCUT2D eigenvalue weighted by atomic mass is 10.1. The highest BCUT2D eigenvalue weighted by molar-refractivity contribution is 6.40. The largest absolute Gasteiger partial charge is 0.368 e. The first-order valence-electron chi connectivity index (χ1n) is 8.43. The first-order valence-corrected chi connectivity index (χ1v) is 8.43. The lowest BCUT2D eigenvalue weighted by molar-refractivity contribution is -0.125. The van der Waals surface area contributed by atoms with Gasteiger partial charge in [0.05, 0.1) is 5.69 Å². The lowest BCUT2D eigenvalue weighted by Crippen LogP contribution is -2.50. The molecule has 0 aliphatic carbocycles. The van der Waals surface area contributed by atoms with Crippen molar-refractivity contribution in [2.75, 3.05) is 37.7 Å². The van der Waals surface area contributed by atoms with E-state index < -0.39 is 11.9 Å². The molecular formula is C17H22FN5O2. The fraction of sp³-hybridized carbons (Fsp3) is 0.471. The number of piperazine rings is 1. The van der Waals surface area contributed by atoms with Crippen LogP contribution >= 0.6 is 0 Å². The molecule has 2 N–H and O–H groups in total. The number of benzene rings is 1. The van der Waals surface area contributed by atoms with Gasteiger partial charge in [0, 0.05) is 32.6 Å². The number of hydrazone groups is 1. The van der Waals surface area contributed by atoms with Gasteiger partial charge >= 0.3 is 0 Å². The minimum absolute atomic E-state index is 0.161. The van der Waals surface area contributed by atoms with E-state index in [0.717, 1.165) is 19.6 Å². The number of nitrogens with zero attached hydrogens (tertiary/aromatic N) is 4. The maximum atomic E-state index is 13.1. The van der Waals surface area contributed by atoms with E-state index in [1.54, 1.807) is 4.90 Å². The van der Waals surface area contributed by atoms with Gasteiger partial charge in [-0.1, -0.05) is 6.92 Å². The molecule has 0 saturated carbocycles. The van der Waals surface area contributed by atoms with E-state index in [1.807, 2.05) is 0 Å². The van der Waals surface area contributed by atoms with Gasteiger partial charge in [-0.05, 0) is 30.8 Å². The Bertz CT molecular complexity index is 683. The van der Waals surface area contributed by atoms with Crippen LogP contribution in [0.15, 0.2) is 29.4 Å². The van der Waals surface area contributed by atoms with Gasteiger partial charge in [0.15, 0.2) is 0 Å². The van der Waals surface area contributed by atoms with Crippen molar-refractivity contribution in [2.45, 2.75) is 19.4 Å². The monoisotopic (exact) mass is 347 g/mol. The Balaban J connectivity index is 1.77. The van der Waals surface area contributed by atoms with Crippen molar-refractivity contribution >= 4 is 23.2 Å². The van der Waals surface area contributed by atoms with Crippen molar-refractivity contribution in [3.63, 3.8) is 0 Å². The number of anilines is 1. The van der Waals surface area contributed by atoms with Crippen molar-refractivity contribution in [3.05, 3.63) is 30.1 Å². The van der Waals surface area contributed by atoms with Gasteiger partial charge in [0.2, 0.25) is 5.91 Å². The molecule has 1 atom stereocenters. The maximum Gasteiger partial charge on any atom is 0.270 e. The molecule has 0 spiro atoms. The number of likely N-dealkylation sites (N-methyl/N-ethyl adjacent to an activating group) is 1. The van der Waals surface area contributed by atoms with Crippen LogP contribution in [0.5, 0.6) is 0 Å². The summed E-state index contributed by atoms with van der Waals surface area (Å²) in [5, 5.41) is 5.74. The van der Waals surface area contributed by atoms with Crippen molar-refractivity contribution < 1.29 is 14.0 Å². The Morgan fingerprint density at radius 2 is 1.84 bits per heavy atom. The minimum Gasteiger partial charge on any atom is -0.368 e.